The number of nitrogens with zero attached hydrogens (tertiary/aromatic N) is 2. The van der Waals surface area contributed by atoms with Gasteiger partial charge >= 0.3 is 0 Å². The van der Waals surface area contributed by atoms with Crippen molar-refractivity contribution in [3.63, 3.8) is 0 Å². The van der Waals surface area contributed by atoms with Crippen LogP contribution >= 0.6 is 0 Å². The Labute approximate surface area is 104 Å². The van der Waals surface area contributed by atoms with E-state index in [9.17, 15) is 4.79 Å². The minimum Gasteiger partial charge on any atom is -0.381 e. The minimum absolute atomic E-state index is 0.0472. The third-order valence-corrected chi connectivity index (χ3v) is 3.32. The Morgan fingerprint density at radius 1 is 1.47 bits per heavy atom. The molecule has 1 unspecified atom stereocenters. The van der Waals surface area contributed by atoms with E-state index in [4.69, 9.17) is 10.00 Å². The normalized spacial score (nSPS) is 18.8. The molecule has 1 atom stereocenters. The van der Waals surface area contributed by atoms with Gasteiger partial charge in [0.1, 0.15) is 5.92 Å². The molecule has 0 saturated carbocycles. The maximum atomic E-state index is 12.1. The second-order valence-corrected chi connectivity index (χ2v) is 5.13. The lowest BCUT2D eigenvalue weighted by molar-refractivity contribution is -0.134. The van der Waals surface area contributed by atoms with Gasteiger partial charge in [0.25, 0.3) is 0 Å². The van der Waals surface area contributed by atoms with Crippen LogP contribution in [-0.2, 0) is 9.53 Å². The standard InChI is InChI=1S/C13H22N2O2/c1-10(2)12(8-14)13(16)15(3)9-11-4-6-17-7-5-11/h10-12H,4-7,9H2,1-3H3. The highest BCUT2D eigenvalue weighted by atomic mass is 16.5. The molecule has 0 aromatic rings. The SMILES string of the molecule is CC(C)C(C#N)C(=O)N(C)CC1CCOCC1. The molecule has 0 aliphatic carbocycles. The van der Waals surface area contributed by atoms with Gasteiger partial charge in [0.2, 0.25) is 5.91 Å². The van der Waals surface area contributed by atoms with Crippen LogP contribution in [0.4, 0.5) is 0 Å². The molecular formula is C13H22N2O2. The lowest BCUT2D eigenvalue weighted by atomic mass is 9.94. The maximum absolute atomic E-state index is 12.1. The molecule has 0 aromatic carbocycles. The number of rotatable bonds is 4. The molecule has 4 heteroatoms. The summed E-state index contributed by atoms with van der Waals surface area (Å²) in [6.45, 7) is 6.15. The molecule has 1 heterocycles. The Morgan fingerprint density at radius 3 is 2.53 bits per heavy atom. The lowest BCUT2D eigenvalue weighted by Crippen LogP contribution is -2.39. The molecule has 0 aromatic heterocycles. The van der Waals surface area contributed by atoms with E-state index in [2.05, 4.69) is 6.07 Å². The third kappa shape index (κ3) is 4.01. The van der Waals surface area contributed by atoms with Crippen LogP contribution in [0.2, 0.25) is 0 Å². The molecule has 1 amide bonds. The summed E-state index contributed by atoms with van der Waals surface area (Å²) in [6.07, 6.45) is 2.02. The Kier molecular flexibility index (Phi) is 5.43. The first-order valence-electron chi connectivity index (χ1n) is 6.28. The van der Waals surface area contributed by atoms with E-state index < -0.39 is 5.92 Å². The van der Waals surface area contributed by atoms with Crippen LogP contribution in [-0.4, -0.2) is 37.6 Å². The largest absolute Gasteiger partial charge is 0.381 e. The van der Waals surface area contributed by atoms with Gasteiger partial charge in [-0.15, -0.1) is 0 Å². The Balaban J connectivity index is 2.48. The Hall–Kier alpha value is -1.08. The van der Waals surface area contributed by atoms with Crippen LogP contribution in [0.5, 0.6) is 0 Å². The number of carbonyl (C=O) groups excluding carboxylic acids is 1. The molecule has 0 radical (unpaired) electrons. The lowest BCUT2D eigenvalue weighted by Gasteiger charge is -2.28. The zero-order valence-electron chi connectivity index (χ0n) is 11.0. The second kappa shape index (κ2) is 6.61. The fourth-order valence-electron chi connectivity index (χ4n) is 2.13. The molecule has 1 aliphatic rings. The molecule has 1 saturated heterocycles. The van der Waals surface area contributed by atoms with Crippen molar-refractivity contribution in [1.29, 1.82) is 5.26 Å². The van der Waals surface area contributed by atoms with Gasteiger partial charge in [0.15, 0.2) is 0 Å². The van der Waals surface area contributed by atoms with Crippen LogP contribution in [0, 0.1) is 29.1 Å². The monoisotopic (exact) mass is 238 g/mol. The van der Waals surface area contributed by atoms with Gasteiger partial charge in [-0.05, 0) is 24.7 Å². The summed E-state index contributed by atoms with van der Waals surface area (Å²) in [5.41, 5.74) is 0. The van der Waals surface area contributed by atoms with Gasteiger partial charge in [-0.3, -0.25) is 4.79 Å². The van der Waals surface area contributed by atoms with Gasteiger partial charge in [0.05, 0.1) is 6.07 Å². The molecule has 96 valence electrons. The topological polar surface area (TPSA) is 53.3 Å². The molecule has 0 bridgehead atoms. The molecule has 0 N–H and O–H groups in total. The fourth-order valence-corrected chi connectivity index (χ4v) is 2.13. The van der Waals surface area contributed by atoms with Crippen molar-refractivity contribution >= 4 is 5.91 Å². The summed E-state index contributed by atoms with van der Waals surface area (Å²) in [5.74, 6) is 0.0303. The maximum Gasteiger partial charge on any atom is 0.239 e. The van der Waals surface area contributed by atoms with Crippen molar-refractivity contribution in [2.24, 2.45) is 17.8 Å². The third-order valence-electron chi connectivity index (χ3n) is 3.32. The van der Waals surface area contributed by atoms with Crippen LogP contribution in [0.3, 0.4) is 0 Å². The molecule has 17 heavy (non-hydrogen) atoms. The first kappa shape index (κ1) is 14.0. The zero-order chi connectivity index (χ0) is 12.8. The van der Waals surface area contributed by atoms with Crippen molar-refractivity contribution in [1.82, 2.24) is 4.90 Å². The average molecular weight is 238 g/mol. The van der Waals surface area contributed by atoms with E-state index in [0.29, 0.717) is 5.92 Å². The minimum atomic E-state index is -0.514. The number of nitriles is 1. The molecule has 0 spiro atoms. The smallest absolute Gasteiger partial charge is 0.239 e. The molecule has 1 rings (SSSR count). The summed E-state index contributed by atoms with van der Waals surface area (Å²) < 4.78 is 5.29. The number of ether oxygens (including phenoxy) is 1. The second-order valence-electron chi connectivity index (χ2n) is 5.13. The van der Waals surface area contributed by atoms with Crippen molar-refractivity contribution in [3.8, 4) is 6.07 Å². The Morgan fingerprint density at radius 2 is 2.06 bits per heavy atom. The van der Waals surface area contributed by atoms with Gasteiger partial charge in [0, 0.05) is 26.8 Å². The highest BCUT2D eigenvalue weighted by Crippen LogP contribution is 2.18. The first-order valence-corrected chi connectivity index (χ1v) is 6.28. The molecule has 1 fully saturated rings. The first-order chi connectivity index (χ1) is 8.06. The van der Waals surface area contributed by atoms with E-state index in [1.54, 1.807) is 11.9 Å². The van der Waals surface area contributed by atoms with E-state index in [1.807, 2.05) is 13.8 Å². The highest BCUT2D eigenvalue weighted by molar-refractivity contribution is 5.81. The van der Waals surface area contributed by atoms with Gasteiger partial charge in [-0.2, -0.15) is 5.26 Å². The molecular weight excluding hydrogens is 216 g/mol. The van der Waals surface area contributed by atoms with E-state index in [0.717, 1.165) is 32.6 Å². The van der Waals surface area contributed by atoms with Crippen molar-refractivity contribution in [2.75, 3.05) is 26.8 Å². The van der Waals surface area contributed by atoms with Gasteiger partial charge < -0.3 is 9.64 Å². The molecule has 1 aliphatic heterocycles. The molecule has 4 nitrogen and oxygen atoms in total. The van der Waals surface area contributed by atoms with Crippen LogP contribution in [0.1, 0.15) is 26.7 Å². The van der Waals surface area contributed by atoms with E-state index >= 15 is 0 Å². The Bertz CT molecular complexity index is 290. The number of amides is 1. The van der Waals surface area contributed by atoms with Crippen molar-refractivity contribution in [3.05, 3.63) is 0 Å². The fraction of sp³-hybridized carbons (Fsp3) is 0.846. The number of hydrogen-bond donors (Lipinski definition) is 0. The van der Waals surface area contributed by atoms with Gasteiger partial charge in [-0.1, -0.05) is 13.8 Å². The summed E-state index contributed by atoms with van der Waals surface area (Å²) in [7, 11) is 1.80. The predicted octanol–water partition coefficient (Wildman–Crippen LogP) is 1.67. The number of carbonyl (C=O) groups is 1. The quantitative estimate of drug-likeness (QED) is 0.748. The van der Waals surface area contributed by atoms with Crippen LogP contribution in [0.25, 0.3) is 0 Å². The van der Waals surface area contributed by atoms with E-state index in [1.165, 1.54) is 0 Å². The zero-order valence-corrected chi connectivity index (χ0v) is 11.0. The van der Waals surface area contributed by atoms with Crippen molar-refractivity contribution in [2.45, 2.75) is 26.7 Å². The summed E-state index contributed by atoms with van der Waals surface area (Å²) in [4.78, 5) is 13.8. The van der Waals surface area contributed by atoms with Crippen molar-refractivity contribution < 1.29 is 9.53 Å². The number of hydrogen-bond acceptors (Lipinski definition) is 3. The van der Waals surface area contributed by atoms with E-state index in [-0.39, 0.29) is 11.8 Å². The highest BCUT2D eigenvalue weighted by Gasteiger charge is 2.26. The van der Waals surface area contributed by atoms with Crippen LogP contribution in [0.15, 0.2) is 0 Å². The average Bonchev–Trinajstić information content (AvgIpc) is 2.30. The van der Waals surface area contributed by atoms with Crippen LogP contribution < -0.4 is 0 Å². The van der Waals surface area contributed by atoms with Gasteiger partial charge in [-0.25, -0.2) is 0 Å². The summed E-state index contributed by atoms with van der Waals surface area (Å²) >= 11 is 0. The predicted molar refractivity (Wildman–Crippen MR) is 65.1 cm³/mol. The summed E-state index contributed by atoms with van der Waals surface area (Å²) in [5, 5.41) is 9.00. The summed E-state index contributed by atoms with van der Waals surface area (Å²) in [6, 6.07) is 2.10.